The molecule has 0 fully saturated rings. The van der Waals surface area contributed by atoms with Gasteiger partial charge in [-0.25, -0.2) is 8.78 Å². The Hall–Kier alpha value is -1.53. The van der Waals surface area contributed by atoms with Crippen LogP contribution < -0.4 is 10.6 Å². The summed E-state index contributed by atoms with van der Waals surface area (Å²) in [4.78, 5) is 13.6. The Labute approximate surface area is 111 Å². The minimum Gasteiger partial charge on any atom is -0.322 e. The molecule has 4 nitrogen and oxygen atoms in total. The third kappa shape index (κ3) is 6.26. The Bertz CT molecular complexity index is 424. The van der Waals surface area contributed by atoms with Crippen LogP contribution in [0.15, 0.2) is 18.2 Å². The zero-order chi connectivity index (χ0) is 14.3. The van der Waals surface area contributed by atoms with Crippen LogP contribution in [0.4, 0.5) is 14.5 Å². The molecule has 1 aromatic rings. The molecule has 0 radical (unpaired) electrons. The minimum absolute atomic E-state index is 0.0125. The number of benzene rings is 1. The molecule has 0 heterocycles. The second kappa shape index (κ2) is 7.81. The van der Waals surface area contributed by atoms with Crippen LogP contribution in [0.25, 0.3) is 0 Å². The number of nitrogens with zero attached hydrogens (tertiary/aromatic N) is 1. The molecular formula is C13H19F2N3O. The fourth-order valence-electron chi connectivity index (χ4n) is 1.51. The maximum Gasteiger partial charge on any atom is 0.238 e. The predicted molar refractivity (Wildman–Crippen MR) is 71.0 cm³/mol. The summed E-state index contributed by atoms with van der Waals surface area (Å²) in [5, 5.41) is 5.34. The van der Waals surface area contributed by atoms with E-state index in [1.165, 1.54) is 6.07 Å². The second-order valence-electron chi connectivity index (χ2n) is 4.51. The summed E-state index contributed by atoms with van der Waals surface area (Å²) in [5.74, 6) is -1.80. The fraction of sp³-hybridized carbons (Fsp3) is 0.462. The number of hydrogen-bond acceptors (Lipinski definition) is 3. The lowest BCUT2D eigenvalue weighted by Crippen LogP contribution is -2.30. The van der Waals surface area contributed by atoms with Gasteiger partial charge in [0.05, 0.1) is 12.2 Å². The lowest BCUT2D eigenvalue weighted by atomic mass is 10.3. The predicted octanol–water partition coefficient (Wildman–Crippen LogP) is 1.44. The summed E-state index contributed by atoms with van der Waals surface area (Å²) < 4.78 is 25.9. The van der Waals surface area contributed by atoms with Crippen molar-refractivity contribution in [2.75, 3.05) is 39.0 Å². The van der Waals surface area contributed by atoms with E-state index >= 15 is 0 Å². The number of rotatable bonds is 7. The first-order valence-corrected chi connectivity index (χ1v) is 6.09. The molecule has 0 aliphatic heterocycles. The first-order valence-electron chi connectivity index (χ1n) is 6.09. The molecule has 6 heteroatoms. The van der Waals surface area contributed by atoms with Crippen molar-refractivity contribution in [2.45, 2.75) is 6.42 Å². The highest BCUT2D eigenvalue weighted by Gasteiger charge is 2.07. The van der Waals surface area contributed by atoms with E-state index in [1.807, 2.05) is 14.1 Å². The molecule has 1 rings (SSSR count). The van der Waals surface area contributed by atoms with Crippen molar-refractivity contribution in [3.8, 4) is 0 Å². The molecule has 0 saturated heterocycles. The van der Waals surface area contributed by atoms with Gasteiger partial charge in [0.15, 0.2) is 0 Å². The molecule has 1 amide bonds. The molecule has 19 heavy (non-hydrogen) atoms. The molecule has 0 unspecified atom stereocenters. The van der Waals surface area contributed by atoms with E-state index in [2.05, 4.69) is 15.5 Å². The van der Waals surface area contributed by atoms with Gasteiger partial charge in [-0.1, -0.05) is 0 Å². The van der Waals surface area contributed by atoms with Crippen molar-refractivity contribution < 1.29 is 13.6 Å². The van der Waals surface area contributed by atoms with Crippen LogP contribution >= 0.6 is 0 Å². The van der Waals surface area contributed by atoms with E-state index in [-0.39, 0.29) is 18.1 Å². The highest BCUT2D eigenvalue weighted by molar-refractivity contribution is 5.92. The van der Waals surface area contributed by atoms with Gasteiger partial charge in [-0.3, -0.25) is 4.79 Å². The number of nitrogens with one attached hydrogen (secondary N) is 2. The SMILES string of the molecule is CN(C)CCCNCC(=O)Nc1ccc(F)cc1F. The largest absolute Gasteiger partial charge is 0.322 e. The zero-order valence-electron chi connectivity index (χ0n) is 11.2. The minimum atomic E-state index is -0.777. The van der Waals surface area contributed by atoms with Crippen LogP contribution in [0.3, 0.4) is 0 Å². The van der Waals surface area contributed by atoms with E-state index < -0.39 is 11.6 Å². The number of carbonyl (C=O) groups is 1. The average Bonchev–Trinajstić information content (AvgIpc) is 2.32. The van der Waals surface area contributed by atoms with Crippen LogP contribution in [0.5, 0.6) is 0 Å². The highest BCUT2D eigenvalue weighted by Crippen LogP contribution is 2.14. The monoisotopic (exact) mass is 271 g/mol. The van der Waals surface area contributed by atoms with Crippen molar-refractivity contribution in [3.63, 3.8) is 0 Å². The smallest absolute Gasteiger partial charge is 0.238 e. The van der Waals surface area contributed by atoms with Crippen LogP contribution in [-0.4, -0.2) is 44.5 Å². The molecule has 0 aromatic heterocycles. The van der Waals surface area contributed by atoms with E-state index in [0.29, 0.717) is 6.54 Å². The van der Waals surface area contributed by atoms with Crippen molar-refractivity contribution in [3.05, 3.63) is 29.8 Å². The Morgan fingerprint density at radius 2 is 2.05 bits per heavy atom. The number of carbonyl (C=O) groups excluding carboxylic acids is 1. The molecular weight excluding hydrogens is 252 g/mol. The van der Waals surface area contributed by atoms with Gasteiger partial charge in [0.25, 0.3) is 0 Å². The first-order chi connectivity index (χ1) is 8.99. The van der Waals surface area contributed by atoms with Crippen molar-refractivity contribution in [1.82, 2.24) is 10.2 Å². The fourth-order valence-corrected chi connectivity index (χ4v) is 1.51. The Balaban J connectivity index is 2.27. The number of anilines is 1. The molecule has 0 saturated carbocycles. The summed E-state index contributed by atoms with van der Waals surface area (Å²) in [6.45, 7) is 1.74. The average molecular weight is 271 g/mol. The van der Waals surface area contributed by atoms with Crippen LogP contribution in [0, 0.1) is 11.6 Å². The standard InChI is InChI=1S/C13H19F2N3O/c1-18(2)7-3-6-16-9-13(19)17-12-5-4-10(14)8-11(12)15/h4-5,8,16H,3,6-7,9H2,1-2H3,(H,17,19). The third-order valence-electron chi connectivity index (χ3n) is 2.45. The topological polar surface area (TPSA) is 44.4 Å². The Kier molecular flexibility index (Phi) is 6.38. The zero-order valence-corrected chi connectivity index (χ0v) is 11.2. The van der Waals surface area contributed by atoms with Gasteiger partial charge in [0, 0.05) is 6.07 Å². The van der Waals surface area contributed by atoms with Gasteiger partial charge >= 0.3 is 0 Å². The highest BCUT2D eigenvalue weighted by atomic mass is 19.1. The molecule has 1 aromatic carbocycles. The summed E-state index contributed by atoms with van der Waals surface area (Å²) in [5.41, 5.74) is -0.0125. The second-order valence-corrected chi connectivity index (χ2v) is 4.51. The van der Waals surface area contributed by atoms with Crippen molar-refractivity contribution in [1.29, 1.82) is 0 Å². The van der Waals surface area contributed by atoms with Gasteiger partial charge < -0.3 is 15.5 Å². The van der Waals surface area contributed by atoms with Gasteiger partial charge in [-0.2, -0.15) is 0 Å². The Morgan fingerprint density at radius 3 is 2.68 bits per heavy atom. The molecule has 0 atom stereocenters. The summed E-state index contributed by atoms with van der Waals surface area (Å²) in [6, 6.07) is 3.04. The van der Waals surface area contributed by atoms with Gasteiger partial charge in [-0.05, 0) is 45.7 Å². The van der Waals surface area contributed by atoms with Gasteiger partial charge in [-0.15, -0.1) is 0 Å². The molecule has 0 bridgehead atoms. The lowest BCUT2D eigenvalue weighted by molar-refractivity contribution is -0.115. The number of hydrogen-bond donors (Lipinski definition) is 2. The van der Waals surface area contributed by atoms with E-state index in [9.17, 15) is 13.6 Å². The van der Waals surface area contributed by atoms with E-state index in [0.717, 1.165) is 25.1 Å². The summed E-state index contributed by atoms with van der Waals surface area (Å²) in [7, 11) is 3.95. The summed E-state index contributed by atoms with van der Waals surface area (Å²) >= 11 is 0. The van der Waals surface area contributed by atoms with Crippen LogP contribution in [0.2, 0.25) is 0 Å². The number of amides is 1. The first kappa shape index (κ1) is 15.5. The Morgan fingerprint density at radius 1 is 1.32 bits per heavy atom. The van der Waals surface area contributed by atoms with E-state index in [4.69, 9.17) is 0 Å². The van der Waals surface area contributed by atoms with Gasteiger partial charge in [0.1, 0.15) is 11.6 Å². The van der Waals surface area contributed by atoms with Gasteiger partial charge in [0.2, 0.25) is 5.91 Å². The summed E-state index contributed by atoms with van der Waals surface area (Å²) in [6.07, 6.45) is 0.922. The van der Waals surface area contributed by atoms with Crippen molar-refractivity contribution in [2.24, 2.45) is 0 Å². The molecule has 0 aliphatic carbocycles. The molecule has 0 spiro atoms. The van der Waals surface area contributed by atoms with Crippen LogP contribution in [0.1, 0.15) is 6.42 Å². The van der Waals surface area contributed by atoms with Crippen LogP contribution in [-0.2, 0) is 4.79 Å². The maximum absolute atomic E-state index is 13.3. The quantitative estimate of drug-likeness (QED) is 0.738. The maximum atomic E-state index is 13.3. The van der Waals surface area contributed by atoms with Crippen molar-refractivity contribution >= 4 is 11.6 Å². The normalized spacial score (nSPS) is 10.8. The number of halogens is 2. The third-order valence-corrected chi connectivity index (χ3v) is 2.45. The molecule has 106 valence electrons. The molecule has 2 N–H and O–H groups in total. The lowest BCUT2D eigenvalue weighted by Gasteiger charge is -2.10. The molecule has 0 aliphatic rings. The van der Waals surface area contributed by atoms with E-state index in [1.54, 1.807) is 0 Å².